The van der Waals surface area contributed by atoms with Gasteiger partial charge in [0.1, 0.15) is 12.4 Å². The van der Waals surface area contributed by atoms with Crippen LogP contribution >= 0.6 is 0 Å². The lowest BCUT2D eigenvalue weighted by atomic mass is 9.96. The topological polar surface area (TPSA) is 93.0 Å². The van der Waals surface area contributed by atoms with Crippen molar-refractivity contribution in [1.82, 2.24) is 15.5 Å². The van der Waals surface area contributed by atoms with Gasteiger partial charge in [0.05, 0.1) is 7.11 Å². The summed E-state index contributed by atoms with van der Waals surface area (Å²) in [6, 6.07) is 11.1. The predicted molar refractivity (Wildman–Crippen MR) is 123 cm³/mol. The maximum Gasteiger partial charge on any atom is 0.315 e. The van der Waals surface area contributed by atoms with Gasteiger partial charge >= 0.3 is 6.03 Å². The molecule has 1 aliphatic heterocycles. The Bertz CT molecular complexity index is 930. The number of furan rings is 1. The molecule has 0 bridgehead atoms. The van der Waals surface area contributed by atoms with Crippen LogP contribution in [0.25, 0.3) is 0 Å². The summed E-state index contributed by atoms with van der Waals surface area (Å²) in [4.78, 5) is 26.9. The number of methoxy groups -OCH3 is 1. The van der Waals surface area contributed by atoms with Gasteiger partial charge in [0, 0.05) is 25.2 Å². The number of carbonyl (C=O) groups excluding carboxylic acids is 2. The van der Waals surface area contributed by atoms with Gasteiger partial charge < -0.3 is 29.4 Å². The number of amides is 3. The number of nitrogens with zero attached hydrogens (tertiary/aromatic N) is 1. The minimum absolute atomic E-state index is 0.0825. The molecule has 1 aromatic carbocycles. The zero-order valence-electron chi connectivity index (χ0n) is 19.2. The molecule has 0 spiro atoms. The lowest BCUT2D eigenvalue weighted by Crippen LogP contribution is -2.51. The van der Waals surface area contributed by atoms with Crippen LogP contribution in [-0.4, -0.2) is 49.1 Å². The molecule has 2 aliphatic rings. The van der Waals surface area contributed by atoms with Gasteiger partial charge in [-0.3, -0.25) is 4.79 Å². The molecule has 2 fully saturated rings. The monoisotopic (exact) mass is 455 g/mol. The number of carbonyl (C=O) groups is 2. The van der Waals surface area contributed by atoms with E-state index >= 15 is 0 Å². The molecule has 2 aromatic rings. The van der Waals surface area contributed by atoms with Gasteiger partial charge in [-0.25, -0.2) is 4.79 Å². The van der Waals surface area contributed by atoms with Crippen LogP contribution in [0.15, 0.2) is 40.8 Å². The molecule has 8 heteroatoms. The highest BCUT2D eigenvalue weighted by atomic mass is 16.5. The van der Waals surface area contributed by atoms with Crippen molar-refractivity contribution in [3.63, 3.8) is 0 Å². The van der Waals surface area contributed by atoms with E-state index in [1.165, 1.54) is 19.3 Å². The number of benzene rings is 1. The normalized spacial score (nSPS) is 17.4. The van der Waals surface area contributed by atoms with E-state index in [4.69, 9.17) is 13.9 Å². The van der Waals surface area contributed by atoms with Crippen molar-refractivity contribution in [1.29, 1.82) is 0 Å². The van der Waals surface area contributed by atoms with Crippen LogP contribution in [0.1, 0.15) is 61.3 Å². The summed E-state index contributed by atoms with van der Waals surface area (Å²) in [6.45, 7) is 1.37. The Morgan fingerprint density at radius 1 is 0.939 bits per heavy atom. The van der Waals surface area contributed by atoms with Crippen LogP contribution in [0.4, 0.5) is 4.79 Å². The number of ether oxygens (including phenoxy) is 2. The second kappa shape index (κ2) is 11.1. The lowest BCUT2D eigenvalue weighted by molar-refractivity contribution is 0.0672. The number of likely N-dealkylation sites (tertiary alicyclic amines) is 1. The Balaban J connectivity index is 1.22. The Hall–Kier alpha value is -3.16. The van der Waals surface area contributed by atoms with Crippen LogP contribution in [-0.2, 0) is 6.61 Å². The van der Waals surface area contributed by atoms with Gasteiger partial charge in [0.15, 0.2) is 17.3 Å². The van der Waals surface area contributed by atoms with Gasteiger partial charge in [-0.05, 0) is 49.9 Å². The molecule has 1 aromatic heterocycles. The fraction of sp³-hybridized carbons (Fsp3) is 0.520. The fourth-order valence-corrected chi connectivity index (χ4v) is 4.50. The highest BCUT2D eigenvalue weighted by Gasteiger charge is 2.27. The van der Waals surface area contributed by atoms with E-state index in [0.717, 1.165) is 25.7 Å². The molecule has 1 saturated carbocycles. The largest absolute Gasteiger partial charge is 0.493 e. The average Bonchev–Trinajstić information content (AvgIpc) is 3.32. The van der Waals surface area contributed by atoms with E-state index in [0.29, 0.717) is 42.2 Å². The number of urea groups is 1. The van der Waals surface area contributed by atoms with Crippen LogP contribution < -0.4 is 20.1 Å². The number of nitrogens with one attached hydrogen (secondary N) is 2. The molecule has 178 valence electrons. The first-order valence-electron chi connectivity index (χ1n) is 11.8. The van der Waals surface area contributed by atoms with E-state index in [9.17, 15) is 9.59 Å². The van der Waals surface area contributed by atoms with Crippen molar-refractivity contribution in [2.24, 2.45) is 0 Å². The van der Waals surface area contributed by atoms with Gasteiger partial charge in [-0.2, -0.15) is 0 Å². The molecule has 1 aliphatic carbocycles. The molecule has 0 atom stereocenters. The second-order valence-corrected chi connectivity index (χ2v) is 8.72. The minimum atomic E-state index is -0.136. The standard InChI is InChI=1S/C25H33N3O5/c1-31-21-9-5-6-10-22(21)32-17-20-11-12-23(33-20)24(29)28-15-13-19(14-16-28)27-25(30)26-18-7-3-2-4-8-18/h5-6,9-12,18-19H,2-4,7-8,13-17H2,1H3,(H2,26,27,30). The smallest absolute Gasteiger partial charge is 0.315 e. The van der Waals surface area contributed by atoms with Gasteiger partial charge in [-0.15, -0.1) is 0 Å². The number of piperidine rings is 1. The predicted octanol–water partition coefficient (Wildman–Crippen LogP) is 4.10. The molecule has 4 rings (SSSR count). The molecular weight excluding hydrogens is 422 g/mol. The van der Waals surface area contributed by atoms with Crippen molar-refractivity contribution >= 4 is 11.9 Å². The first-order valence-corrected chi connectivity index (χ1v) is 11.8. The van der Waals surface area contributed by atoms with Crippen molar-refractivity contribution in [3.8, 4) is 11.5 Å². The highest BCUT2D eigenvalue weighted by molar-refractivity contribution is 5.91. The lowest BCUT2D eigenvalue weighted by Gasteiger charge is -2.32. The van der Waals surface area contributed by atoms with E-state index < -0.39 is 0 Å². The summed E-state index contributed by atoms with van der Waals surface area (Å²) in [7, 11) is 1.59. The third-order valence-electron chi connectivity index (χ3n) is 6.37. The fourth-order valence-electron chi connectivity index (χ4n) is 4.50. The summed E-state index contributed by atoms with van der Waals surface area (Å²) in [5.74, 6) is 1.99. The Morgan fingerprint density at radius 3 is 2.30 bits per heavy atom. The van der Waals surface area contributed by atoms with E-state index in [-0.39, 0.29) is 24.6 Å². The quantitative estimate of drug-likeness (QED) is 0.656. The average molecular weight is 456 g/mol. The maximum absolute atomic E-state index is 12.9. The molecular formula is C25H33N3O5. The maximum atomic E-state index is 12.9. The summed E-state index contributed by atoms with van der Waals surface area (Å²) in [5, 5.41) is 6.17. The summed E-state index contributed by atoms with van der Waals surface area (Å²) in [5.41, 5.74) is 0. The number of hydrogen-bond donors (Lipinski definition) is 2. The number of rotatable bonds is 7. The van der Waals surface area contributed by atoms with E-state index in [1.54, 1.807) is 24.1 Å². The van der Waals surface area contributed by atoms with Crippen molar-refractivity contribution < 1.29 is 23.5 Å². The summed E-state index contributed by atoms with van der Waals surface area (Å²) in [6.07, 6.45) is 7.23. The van der Waals surface area contributed by atoms with E-state index in [2.05, 4.69) is 10.6 Å². The third kappa shape index (κ3) is 6.21. The molecule has 33 heavy (non-hydrogen) atoms. The molecule has 2 N–H and O–H groups in total. The van der Waals surface area contributed by atoms with Crippen LogP contribution in [0.2, 0.25) is 0 Å². The molecule has 1 saturated heterocycles. The SMILES string of the molecule is COc1ccccc1OCc1ccc(C(=O)N2CCC(NC(=O)NC3CCCCC3)CC2)o1. The summed E-state index contributed by atoms with van der Waals surface area (Å²) < 4.78 is 16.8. The Kier molecular flexibility index (Phi) is 7.75. The summed E-state index contributed by atoms with van der Waals surface area (Å²) >= 11 is 0. The van der Waals surface area contributed by atoms with E-state index in [1.807, 2.05) is 24.3 Å². The number of hydrogen-bond acceptors (Lipinski definition) is 5. The van der Waals surface area contributed by atoms with Crippen LogP contribution in [0.5, 0.6) is 11.5 Å². The van der Waals surface area contributed by atoms with Crippen LogP contribution in [0.3, 0.4) is 0 Å². The van der Waals surface area contributed by atoms with Crippen molar-refractivity contribution in [3.05, 3.63) is 47.9 Å². The molecule has 0 radical (unpaired) electrons. The zero-order chi connectivity index (χ0) is 23.0. The first-order chi connectivity index (χ1) is 16.1. The Morgan fingerprint density at radius 2 is 1.61 bits per heavy atom. The van der Waals surface area contributed by atoms with Crippen LogP contribution in [0, 0.1) is 0 Å². The van der Waals surface area contributed by atoms with Crippen molar-refractivity contribution in [2.45, 2.75) is 63.6 Å². The minimum Gasteiger partial charge on any atom is -0.493 e. The van der Waals surface area contributed by atoms with Gasteiger partial charge in [0.25, 0.3) is 5.91 Å². The highest BCUT2D eigenvalue weighted by Crippen LogP contribution is 2.27. The molecule has 8 nitrogen and oxygen atoms in total. The molecule has 0 unspecified atom stereocenters. The Labute approximate surface area is 194 Å². The number of para-hydroxylation sites is 2. The molecule has 3 amide bonds. The first kappa shape index (κ1) is 23.0. The van der Waals surface area contributed by atoms with Gasteiger partial charge in [0.2, 0.25) is 0 Å². The molecule has 2 heterocycles. The van der Waals surface area contributed by atoms with Crippen molar-refractivity contribution in [2.75, 3.05) is 20.2 Å². The van der Waals surface area contributed by atoms with Gasteiger partial charge in [-0.1, -0.05) is 31.4 Å². The third-order valence-corrected chi connectivity index (χ3v) is 6.37. The second-order valence-electron chi connectivity index (χ2n) is 8.72. The zero-order valence-corrected chi connectivity index (χ0v) is 19.2.